The first-order chi connectivity index (χ1) is 9.86. The van der Waals surface area contributed by atoms with E-state index in [-0.39, 0.29) is 0 Å². The molecule has 96 valence electrons. The Balaban J connectivity index is 1.92. The van der Waals surface area contributed by atoms with Crippen LogP contribution in [0.2, 0.25) is 0 Å². The van der Waals surface area contributed by atoms with E-state index in [1.54, 1.807) is 24.5 Å². The third kappa shape index (κ3) is 2.36. The summed E-state index contributed by atoms with van der Waals surface area (Å²) in [5.41, 5.74) is 2.26. The van der Waals surface area contributed by atoms with E-state index in [1.807, 2.05) is 24.3 Å². The van der Waals surface area contributed by atoms with E-state index in [0.717, 1.165) is 11.1 Å². The van der Waals surface area contributed by atoms with Gasteiger partial charge in [-0.05, 0) is 36.4 Å². The Hall–Kier alpha value is -3.11. The van der Waals surface area contributed by atoms with Gasteiger partial charge in [-0.15, -0.1) is 0 Å². The molecular weight excluding hydrogens is 254 g/mol. The Morgan fingerprint density at radius 3 is 2.65 bits per heavy atom. The number of hydrogen-bond acceptors (Lipinski definition) is 5. The number of benzene rings is 1. The lowest BCUT2D eigenvalue weighted by Crippen LogP contribution is -1.82. The zero-order chi connectivity index (χ0) is 13.8. The Morgan fingerprint density at radius 2 is 1.95 bits per heavy atom. The molecule has 0 bridgehead atoms. The molecule has 2 heterocycles. The number of aromatic nitrogens is 4. The molecule has 1 N–H and O–H groups in total. The smallest absolute Gasteiger partial charge is 0.240 e. The van der Waals surface area contributed by atoms with Crippen LogP contribution in [0.4, 0.5) is 5.69 Å². The molecule has 6 heteroatoms. The molecule has 1 aromatic carbocycles. The molecule has 0 saturated heterocycles. The number of aliphatic imine (C=N–C) groups is 1. The van der Waals surface area contributed by atoms with Crippen molar-refractivity contribution < 1.29 is 4.79 Å². The predicted octanol–water partition coefficient (Wildman–Crippen LogP) is 2.50. The molecule has 0 amide bonds. The molecular formula is C14H9N5O. The molecule has 20 heavy (non-hydrogen) atoms. The van der Waals surface area contributed by atoms with Crippen molar-refractivity contribution in [3.63, 3.8) is 0 Å². The van der Waals surface area contributed by atoms with Crippen LogP contribution in [0.1, 0.15) is 0 Å². The summed E-state index contributed by atoms with van der Waals surface area (Å²) in [6.07, 6.45) is 4.90. The molecule has 0 atom stereocenters. The Morgan fingerprint density at radius 1 is 1.10 bits per heavy atom. The van der Waals surface area contributed by atoms with Gasteiger partial charge in [0.15, 0.2) is 11.6 Å². The summed E-state index contributed by atoms with van der Waals surface area (Å²) in [6.45, 7) is 0. The fourth-order valence-corrected chi connectivity index (χ4v) is 1.76. The van der Waals surface area contributed by atoms with E-state index in [9.17, 15) is 4.79 Å². The van der Waals surface area contributed by atoms with Gasteiger partial charge in [-0.25, -0.2) is 9.78 Å². The van der Waals surface area contributed by atoms with E-state index >= 15 is 0 Å². The van der Waals surface area contributed by atoms with E-state index in [2.05, 4.69) is 25.2 Å². The van der Waals surface area contributed by atoms with Gasteiger partial charge in [-0.1, -0.05) is 0 Å². The largest absolute Gasteiger partial charge is 0.264 e. The topological polar surface area (TPSA) is 83.9 Å². The number of aromatic amines is 1. The van der Waals surface area contributed by atoms with Crippen molar-refractivity contribution >= 4 is 11.8 Å². The summed E-state index contributed by atoms with van der Waals surface area (Å²) in [4.78, 5) is 22.1. The SMILES string of the molecule is O=C=Nc1ccc(-c2nc(-c3cccnc3)n[nH]2)cc1. The Kier molecular flexibility index (Phi) is 3.14. The lowest BCUT2D eigenvalue weighted by atomic mass is 10.2. The fraction of sp³-hybridized carbons (Fsp3) is 0. The molecule has 0 unspecified atom stereocenters. The molecule has 3 rings (SSSR count). The predicted molar refractivity (Wildman–Crippen MR) is 72.8 cm³/mol. The average molecular weight is 263 g/mol. The van der Waals surface area contributed by atoms with Crippen molar-refractivity contribution in [3.05, 3.63) is 48.8 Å². The summed E-state index contributed by atoms with van der Waals surface area (Å²) in [7, 11) is 0. The maximum atomic E-state index is 10.2. The molecule has 3 aromatic rings. The van der Waals surface area contributed by atoms with Gasteiger partial charge in [0, 0.05) is 23.5 Å². The number of carbonyl (C=O) groups excluding carboxylic acids is 1. The van der Waals surface area contributed by atoms with Gasteiger partial charge in [-0.3, -0.25) is 10.1 Å². The van der Waals surface area contributed by atoms with E-state index in [4.69, 9.17) is 0 Å². The van der Waals surface area contributed by atoms with Gasteiger partial charge in [0.25, 0.3) is 0 Å². The first-order valence-corrected chi connectivity index (χ1v) is 5.88. The van der Waals surface area contributed by atoms with Crippen LogP contribution in [0.25, 0.3) is 22.8 Å². The van der Waals surface area contributed by atoms with E-state index in [0.29, 0.717) is 17.3 Å². The van der Waals surface area contributed by atoms with Gasteiger partial charge in [-0.2, -0.15) is 10.1 Å². The lowest BCUT2D eigenvalue weighted by Gasteiger charge is -1.95. The molecule has 0 fully saturated rings. The number of nitrogens with zero attached hydrogens (tertiary/aromatic N) is 4. The van der Waals surface area contributed by atoms with Gasteiger partial charge in [0.05, 0.1) is 5.69 Å². The van der Waals surface area contributed by atoms with Crippen molar-refractivity contribution in [2.75, 3.05) is 0 Å². The van der Waals surface area contributed by atoms with Gasteiger partial charge in [0.2, 0.25) is 6.08 Å². The molecule has 0 saturated carbocycles. The van der Waals surface area contributed by atoms with Crippen LogP contribution in [-0.2, 0) is 4.79 Å². The highest BCUT2D eigenvalue weighted by Crippen LogP contribution is 2.21. The van der Waals surface area contributed by atoms with Gasteiger partial charge >= 0.3 is 0 Å². The van der Waals surface area contributed by atoms with Crippen LogP contribution in [0, 0.1) is 0 Å². The first kappa shape index (κ1) is 12.0. The number of rotatable bonds is 3. The molecule has 0 aliphatic heterocycles. The van der Waals surface area contributed by atoms with Gasteiger partial charge in [0.1, 0.15) is 0 Å². The minimum absolute atomic E-state index is 0.552. The standard InChI is InChI=1S/C14H9N5O/c20-9-16-12-5-3-10(4-6-12)13-17-14(19-18-13)11-2-1-7-15-8-11/h1-8H,(H,17,18,19). The minimum Gasteiger partial charge on any atom is -0.264 e. The van der Waals surface area contributed by atoms with Crippen molar-refractivity contribution in [1.82, 2.24) is 20.2 Å². The number of pyridine rings is 1. The maximum absolute atomic E-state index is 10.2. The summed E-state index contributed by atoms with van der Waals surface area (Å²) >= 11 is 0. The average Bonchev–Trinajstić information content (AvgIpc) is 2.99. The van der Waals surface area contributed by atoms with Crippen molar-refractivity contribution in [1.29, 1.82) is 0 Å². The van der Waals surface area contributed by atoms with Crippen LogP contribution < -0.4 is 0 Å². The molecule has 0 radical (unpaired) electrons. The van der Waals surface area contributed by atoms with E-state index < -0.39 is 0 Å². The Bertz CT molecular complexity index is 758. The van der Waals surface area contributed by atoms with Crippen molar-refractivity contribution in [2.24, 2.45) is 4.99 Å². The normalized spacial score (nSPS) is 10.0. The first-order valence-electron chi connectivity index (χ1n) is 5.88. The molecule has 0 spiro atoms. The van der Waals surface area contributed by atoms with Gasteiger partial charge < -0.3 is 0 Å². The van der Waals surface area contributed by atoms with Crippen LogP contribution in [0.5, 0.6) is 0 Å². The van der Waals surface area contributed by atoms with Crippen molar-refractivity contribution in [2.45, 2.75) is 0 Å². The molecule has 2 aromatic heterocycles. The number of H-pyrrole nitrogens is 1. The highest BCUT2D eigenvalue weighted by atomic mass is 16.1. The van der Waals surface area contributed by atoms with Crippen molar-refractivity contribution in [3.8, 4) is 22.8 Å². The molecule has 0 aliphatic carbocycles. The van der Waals surface area contributed by atoms with Crippen LogP contribution in [-0.4, -0.2) is 26.2 Å². The summed E-state index contributed by atoms with van der Waals surface area (Å²) < 4.78 is 0. The zero-order valence-corrected chi connectivity index (χ0v) is 10.3. The third-order valence-electron chi connectivity index (χ3n) is 2.72. The number of isocyanates is 1. The quantitative estimate of drug-likeness (QED) is 0.581. The van der Waals surface area contributed by atoms with E-state index in [1.165, 1.54) is 6.08 Å². The monoisotopic (exact) mass is 263 g/mol. The second kappa shape index (κ2) is 5.26. The maximum Gasteiger partial charge on any atom is 0.240 e. The number of nitrogens with one attached hydrogen (secondary N) is 1. The Labute approximate surface area is 114 Å². The lowest BCUT2D eigenvalue weighted by molar-refractivity contribution is 0.565. The third-order valence-corrected chi connectivity index (χ3v) is 2.72. The zero-order valence-electron chi connectivity index (χ0n) is 10.3. The van der Waals surface area contributed by atoms with Crippen LogP contribution in [0.3, 0.4) is 0 Å². The van der Waals surface area contributed by atoms with Crippen LogP contribution in [0.15, 0.2) is 53.8 Å². The second-order valence-corrected chi connectivity index (χ2v) is 4.00. The fourth-order valence-electron chi connectivity index (χ4n) is 1.76. The minimum atomic E-state index is 0.552. The van der Waals surface area contributed by atoms with Crippen LogP contribution >= 0.6 is 0 Å². The highest BCUT2D eigenvalue weighted by molar-refractivity contribution is 5.62. The molecule has 0 aliphatic rings. The molecule has 6 nitrogen and oxygen atoms in total. The number of hydrogen-bond donors (Lipinski definition) is 1. The summed E-state index contributed by atoms with van der Waals surface area (Å²) in [5, 5.41) is 7.03. The second-order valence-electron chi connectivity index (χ2n) is 4.00. The summed E-state index contributed by atoms with van der Waals surface area (Å²) in [6, 6.07) is 10.8. The summed E-state index contributed by atoms with van der Waals surface area (Å²) in [5.74, 6) is 1.23. The highest BCUT2D eigenvalue weighted by Gasteiger charge is 2.07.